The van der Waals surface area contributed by atoms with Gasteiger partial charge in [0, 0.05) is 19.2 Å². The van der Waals surface area contributed by atoms with Gasteiger partial charge >= 0.3 is 6.09 Å². The van der Waals surface area contributed by atoms with Crippen molar-refractivity contribution in [2.75, 3.05) is 11.9 Å². The van der Waals surface area contributed by atoms with Crippen LogP contribution in [0.3, 0.4) is 0 Å². The van der Waals surface area contributed by atoms with Crippen LogP contribution in [0.15, 0.2) is 24.3 Å². The highest BCUT2D eigenvalue weighted by atomic mass is 16.6. The summed E-state index contributed by atoms with van der Waals surface area (Å²) in [5, 5.41) is 2.78. The van der Waals surface area contributed by atoms with Crippen LogP contribution in [0, 0.1) is 0 Å². The number of rotatable bonds is 2. The van der Waals surface area contributed by atoms with Crippen molar-refractivity contribution in [3.05, 3.63) is 29.8 Å². The summed E-state index contributed by atoms with van der Waals surface area (Å²) in [5.41, 5.74) is 1.28. The Morgan fingerprint density at radius 1 is 1.32 bits per heavy atom. The largest absolute Gasteiger partial charge is 0.444 e. The number of hydrogen-bond acceptors (Lipinski definition) is 3. The van der Waals surface area contributed by atoms with E-state index in [0.717, 1.165) is 24.1 Å². The van der Waals surface area contributed by atoms with Crippen LogP contribution in [0.1, 0.15) is 52.1 Å². The summed E-state index contributed by atoms with van der Waals surface area (Å²) in [4.78, 5) is 25.3. The average molecular weight is 304 g/mol. The van der Waals surface area contributed by atoms with Crippen LogP contribution in [0.25, 0.3) is 0 Å². The van der Waals surface area contributed by atoms with E-state index in [1.807, 2.05) is 45.0 Å². The summed E-state index contributed by atoms with van der Waals surface area (Å²) < 4.78 is 5.49. The zero-order chi connectivity index (χ0) is 16.3. The number of nitrogens with one attached hydrogen (secondary N) is 1. The molecule has 0 aliphatic carbocycles. The standard InChI is InChI=1S/C17H24N2O3/c1-12(20)18-14-8-5-7-13(11-14)15-9-6-10-19(15)16(21)22-17(2,3)4/h5,7-8,11,15H,6,9-10H2,1-4H3,(H,18,20). The van der Waals surface area contributed by atoms with E-state index in [-0.39, 0.29) is 18.0 Å². The molecular formula is C17H24N2O3. The maximum atomic E-state index is 12.3. The lowest BCUT2D eigenvalue weighted by molar-refractivity contribution is -0.114. The molecule has 0 bridgehead atoms. The van der Waals surface area contributed by atoms with Gasteiger partial charge in [0.15, 0.2) is 0 Å². The molecule has 1 atom stereocenters. The fourth-order valence-electron chi connectivity index (χ4n) is 2.68. The summed E-state index contributed by atoms with van der Waals surface area (Å²) in [6.07, 6.45) is 1.58. The van der Waals surface area contributed by atoms with Crippen LogP contribution in [-0.4, -0.2) is 29.0 Å². The number of carbonyl (C=O) groups is 2. The number of benzene rings is 1. The van der Waals surface area contributed by atoms with Gasteiger partial charge in [-0.3, -0.25) is 4.79 Å². The Kier molecular flexibility index (Phi) is 4.74. The van der Waals surface area contributed by atoms with Crippen molar-refractivity contribution in [1.29, 1.82) is 0 Å². The normalized spacial score (nSPS) is 18.2. The maximum absolute atomic E-state index is 12.3. The van der Waals surface area contributed by atoms with Crippen LogP contribution in [0.2, 0.25) is 0 Å². The highest BCUT2D eigenvalue weighted by Gasteiger charge is 2.33. The van der Waals surface area contributed by atoms with E-state index in [1.165, 1.54) is 6.92 Å². The first kappa shape index (κ1) is 16.3. The average Bonchev–Trinajstić information content (AvgIpc) is 2.85. The molecule has 1 aliphatic heterocycles. The molecule has 2 amide bonds. The molecule has 120 valence electrons. The fourth-order valence-corrected chi connectivity index (χ4v) is 2.68. The molecule has 1 unspecified atom stereocenters. The summed E-state index contributed by atoms with van der Waals surface area (Å²) in [6, 6.07) is 7.65. The molecule has 1 fully saturated rings. The van der Waals surface area contributed by atoms with Gasteiger partial charge in [-0.25, -0.2) is 4.79 Å². The molecule has 1 saturated heterocycles. The molecular weight excluding hydrogens is 280 g/mol. The lowest BCUT2D eigenvalue weighted by Crippen LogP contribution is -2.36. The fraction of sp³-hybridized carbons (Fsp3) is 0.529. The van der Waals surface area contributed by atoms with Gasteiger partial charge in [0.1, 0.15) is 5.60 Å². The van der Waals surface area contributed by atoms with Crippen LogP contribution in [-0.2, 0) is 9.53 Å². The van der Waals surface area contributed by atoms with E-state index in [1.54, 1.807) is 4.90 Å². The van der Waals surface area contributed by atoms with Gasteiger partial charge in [0.05, 0.1) is 6.04 Å². The maximum Gasteiger partial charge on any atom is 0.410 e. The number of amides is 2. The molecule has 2 rings (SSSR count). The van der Waals surface area contributed by atoms with E-state index >= 15 is 0 Å². The van der Waals surface area contributed by atoms with Gasteiger partial charge < -0.3 is 15.0 Å². The number of ether oxygens (including phenoxy) is 1. The van der Waals surface area contributed by atoms with Gasteiger partial charge in [-0.2, -0.15) is 0 Å². The first-order valence-corrected chi connectivity index (χ1v) is 7.63. The molecule has 1 aromatic rings. The van der Waals surface area contributed by atoms with Crippen molar-refractivity contribution in [3.63, 3.8) is 0 Å². The Morgan fingerprint density at radius 2 is 2.05 bits per heavy atom. The minimum absolute atomic E-state index is 0.00329. The highest BCUT2D eigenvalue weighted by molar-refractivity contribution is 5.88. The van der Waals surface area contributed by atoms with Gasteiger partial charge in [0.2, 0.25) is 5.91 Å². The molecule has 0 saturated carbocycles. The first-order chi connectivity index (χ1) is 10.3. The third-order valence-electron chi connectivity index (χ3n) is 3.47. The van der Waals surface area contributed by atoms with Gasteiger partial charge in [-0.1, -0.05) is 12.1 Å². The summed E-state index contributed by atoms with van der Waals surface area (Å²) in [6.45, 7) is 7.79. The Bertz CT molecular complexity index is 563. The number of carbonyl (C=O) groups excluding carboxylic acids is 2. The van der Waals surface area contributed by atoms with E-state index in [9.17, 15) is 9.59 Å². The van der Waals surface area contributed by atoms with Gasteiger partial charge in [0.25, 0.3) is 0 Å². The van der Waals surface area contributed by atoms with E-state index in [4.69, 9.17) is 4.74 Å². The topological polar surface area (TPSA) is 58.6 Å². The zero-order valence-corrected chi connectivity index (χ0v) is 13.7. The second-order valence-electron chi connectivity index (χ2n) is 6.64. The molecule has 1 heterocycles. The number of hydrogen-bond donors (Lipinski definition) is 1. The SMILES string of the molecule is CC(=O)Nc1cccc(C2CCCN2C(=O)OC(C)(C)C)c1. The molecule has 1 aromatic carbocycles. The van der Waals surface area contributed by atoms with E-state index in [2.05, 4.69) is 5.32 Å². The Labute approximate surface area is 131 Å². The van der Waals surface area contributed by atoms with E-state index < -0.39 is 5.60 Å². The third-order valence-corrected chi connectivity index (χ3v) is 3.47. The smallest absolute Gasteiger partial charge is 0.410 e. The van der Waals surface area contributed by atoms with Gasteiger partial charge in [-0.15, -0.1) is 0 Å². The predicted octanol–water partition coefficient (Wildman–Crippen LogP) is 3.72. The monoisotopic (exact) mass is 304 g/mol. The predicted molar refractivity (Wildman–Crippen MR) is 85.7 cm³/mol. The summed E-state index contributed by atoms with van der Waals surface area (Å²) >= 11 is 0. The number of anilines is 1. The Balaban J connectivity index is 2.16. The highest BCUT2D eigenvalue weighted by Crippen LogP contribution is 2.34. The molecule has 22 heavy (non-hydrogen) atoms. The summed E-state index contributed by atoms with van der Waals surface area (Å²) in [7, 11) is 0. The van der Waals surface area contributed by atoms with Crippen molar-refractivity contribution in [2.24, 2.45) is 0 Å². The first-order valence-electron chi connectivity index (χ1n) is 7.63. The lowest BCUT2D eigenvalue weighted by Gasteiger charge is -2.29. The minimum atomic E-state index is -0.498. The molecule has 0 radical (unpaired) electrons. The quantitative estimate of drug-likeness (QED) is 0.906. The molecule has 1 N–H and O–H groups in total. The van der Waals surface area contributed by atoms with E-state index in [0.29, 0.717) is 6.54 Å². The van der Waals surface area contributed by atoms with Crippen LogP contribution >= 0.6 is 0 Å². The molecule has 5 nitrogen and oxygen atoms in total. The van der Waals surface area contributed by atoms with Crippen molar-refractivity contribution in [2.45, 2.75) is 52.2 Å². The van der Waals surface area contributed by atoms with Crippen molar-refractivity contribution in [1.82, 2.24) is 4.90 Å². The van der Waals surface area contributed by atoms with Crippen molar-refractivity contribution >= 4 is 17.7 Å². The van der Waals surface area contributed by atoms with Crippen LogP contribution in [0.4, 0.5) is 10.5 Å². The van der Waals surface area contributed by atoms with Gasteiger partial charge in [-0.05, 0) is 51.3 Å². The second-order valence-corrected chi connectivity index (χ2v) is 6.64. The molecule has 5 heteroatoms. The Hall–Kier alpha value is -2.04. The minimum Gasteiger partial charge on any atom is -0.444 e. The van der Waals surface area contributed by atoms with Crippen LogP contribution in [0.5, 0.6) is 0 Å². The second kappa shape index (κ2) is 6.38. The summed E-state index contributed by atoms with van der Waals surface area (Å²) in [5.74, 6) is -0.104. The van der Waals surface area contributed by atoms with Crippen molar-refractivity contribution in [3.8, 4) is 0 Å². The molecule has 1 aliphatic rings. The van der Waals surface area contributed by atoms with Crippen LogP contribution < -0.4 is 5.32 Å². The Morgan fingerprint density at radius 3 is 2.68 bits per heavy atom. The van der Waals surface area contributed by atoms with Crippen molar-refractivity contribution < 1.29 is 14.3 Å². The third kappa shape index (κ3) is 4.23. The lowest BCUT2D eigenvalue weighted by atomic mass is 10.0. The number of likely N-dealkylation sites (tertiary alicyclic amines) is 1. The molecule has 0 aromatic heterocycles. The number of nitrogens with zero attached hydrogens (tertiary/aromatic N) is 1. The zero-order valence-electron chi connectivity index (χ0n) is 13.7. The molecule has 0 spiro atoms.